The highest BCUT2D eigenvalue weighted by atomic mass is 15.2. The molecule has 0 bridgehead atoms. The van der Waals surface area contributed by atoms with Gasteiger partial charge in [0.25, 0.3) is 0 Å². The van der Waals surface area contributed by atoms with Crippen LogP contribution in [0.2, 0.25) is 0 Å². The van der Waals surface area contributed by atoms with Crippen LogP contribution in [0.1, 0.15) is 11.3 Å². The minimum absolute atomic E-state index is 0.299. The molecule has 4 heteroatoms. The number of aromatic nitrogens is 1. The van der Waals surface area contributed by atoms with Crippen LogP contribution in [-0.4, -0.2) is 17.0 Å². The zero-order chi connectivity index (χ0) is 14.5. The third kappa shape index (κ3) is 3.12. The van der Waals surface area contributed by atoms with Crippen LogP contribution in [0.4, 0.5) is 0 Å². The van der Waals surface area contributed by atoms with Gasteiger partial charge in [-0.25, -0.2) is 0 Å². The molecule has 0 radical (unpaired) electrons. The topological polar surface area (TPSA) is 63.6 Å². The Balaban J connectivity index is 1.81. The summed E-state index contributed by atoms with van der Waals surface area (Å²) in [6.07, 6.45) is 3.35. The minimum Gasteiger partial charge on any atom is -0.380 e. The van der Waals surface area contributed by atoms with Gasteiger partial charge >= 0.3 is 0 Å². The van der Waals surface area contributed by atoms with Crippen LogP contribution in [0.25, 0.3) is 10.8 Å². The maximum absolute atomic E-state index is 5.82. The molecule has 0 saturated heterocycles. The molecule has 3 rings (SSSR count). The highest BCUT2D eigenvalue weighted by molar-refractivity contribution is 5.96. The second-order valence-corrected chi connectivity index (χ2v) is 4.55. The predicted molar refractivity (Wildman–Crippen MR) is 86.5 cm³/mol. The Bertz CT molecular complexity index is 807. The number of rotatable bonds is 3. The third-order valence-electron chi connectivity index (χ3n) is 3.07. The van der Waals surface area contributed by atoms with Crippen molar-refractivity contribution in [1.29, 1.82) is 0 Å². The molecule has 1 heterocycles. The standard InChI is InChI=1S/C17H14N4/c18-17(16-7-3-4-10-19-16)21-20-12-13-8-9-14-5-1-2-6-15(14)11-13/h1-12H,(H2,18,21)/b20-12+. The van der Waals surface area contributed by atoms with Crippen LogP contribution in [0.3, 0.4) is 0 Å². The number of amidine groups is 1. The van der Waals surface area contributed by atoms with Gasteiger partial charge in [-0.15, -0.1) is 5.10 Å². The highest BCUT2D eigenvalue weighted by Gasteiger charge is 1.97. The summed E-state index contributed by atoms with van der Waals surface area (Å²) >= 11 is 0. The summed E-state index contributed by atoms with van der Waals surface area (Å²) in [7, 11) is 0. The van der Waals surface area contributed by atoms with Gasteiger partial charge in [0.2, 0.25) is 0 Å². The van der Waals surface area contributed by atoms with Crippen LogP contribution in [0.5, 0.6) is 0 Å². The number of nitrogens with zero attached hydrogens (tertiary/aromatic N) is 3. The van der Waals surface area contributed by atoms with E-state index in [0.717, 1.165) is 5.56 Å². The van der Waals surface area contributed by atoms with Crippen molar-refractivity contribution in [2.45, 2.75) is 0 Å². The zero-order valence-electron chi connectivity index (χ0n) is 11.3. The van der Waals surface area contributed by atoms with Gasteiger partial charge in [0, 0.05) is 6.20 Å². The van der Waals surface area contributed by atoms with Gasteiger partial charge in [0.15, 0.2) is 5.84 Å². The zero-order valence-corrected chi connectivity index (χ0v) is 11.3. The van der Waals surface area contributed by atoms with Crippen molar-refractivity contribution < 1.29 is 0 Å². The lowest BCUT2D eigenvalue weighted by atomic mass is 10.1. The fourth-order valence-corrected chi connectivity index (χ4v) is 2.01. The molecule has 4 nitrogen and oxygen atoms in total. The number of nitrogens with two attached hydrogens (primary N) is 1. The van der Waals surface area contributed by atoms with Crippen molar-refractivity contribution in [3.8, 4) is 0 Å². The lowest BCUT2D eigenvalue weighted by molar-refractivity contribution is 1.20. The van der Waals surface area contributed by atoms with E-state index < -0.39 is 0 Å². The van der Waals surface area contributed by atoms with Crippen molar-refractivity contribution >= 4 is 22.8 Å². The first-order valence-electron chi connectivity index (χ1n) is 6.60. The summed E-state index contributed by atoms with van der Waals surface area (Å²) < 4.78 is 0. The molecule has 0 amide bonds. The number of hydrogen-bond donors (Lipinski definition) is 1. The van der Waals surface area contributed by atoms with Gasteiger partial charge in [-0.05, 0) is 34.5 Å². The summed E-state index contributed by atoms with van der Waals surface area (Å²) in [5, 5.41) is 10.4. The molecule has 0 unspecified atom stereocenters. The molecule has 0 saturated carbocycles. The Morgan fingerprint density at radius 2 is 1.76 bits per heavy atom. The monoisotopic (exact) mass is 274 g/mol. The third-order valence-corrected chi connectivity index (χ3v) is 3.07. The fourth-order valence-electron chi connectivity index (χ4n) is 2.01. The van der Waals surface area contributed by atoms with Crippen LogP contribution in [0.15, 0.2) is 77.1 Å². The molecule has 0 aliphatic rings. The summed E-state index contributed by atoms with van der Waals surface area (Å²) in [5.41, 5.74) is 7.42. The van der Waals surface area contributed by atoms with Crippen molar-refractivity contribution in [3.63, 3.8) is 0 Å². The quantitative estimate of drug-likeness (QED) is 0.453. The van der Waals surface area contributed by atoms with E-state index in [4.69, 9.17) is 5.73 Å². The van der Waals surface area contributed by atoms with Crippen LogP contribution in [0, 0.1) is 0 Å². The SMILES string of the molecule is N/C(=N/N=C/c1ccc2ccccc2c1)c1ccccn1. The smallest absolute Gasteiger partial charge is 0.171 e. The van der Waals surface area contributed by atoms with Crippen LogP contribution in [-0.2, 0) is 0 Å². The Morgan fingerprint density at radius 1 is 0.952 bits per heavy atom. The van der Waals surface area contributed by atoms with Gasteiger partial charge in [0.05, 0.1) is 6.21 Å². The average molecular weight is 274 g/mol. The number of hydrogen-bond acceptors (Lipinski definition) is 3. The number of benzene rings is 2. The van der Waals surface area contributed by atoms with Crippen LogP contribution >= 0.6 is 0 Å². The van der Waals surface area contributed by atoms with Crippen molar-refractivity contribution in [2.24, 2.45) is 15.9 Å². The minimum atomic E-state index is 0.299. The molecular weight excluding hydrogens is 260 g/mol. The first-order valence-corrected chi connectivity index (χ1v) is 6.60. The molecule has 3 aromatic rings. The fraction of sp³-hybridized carbons (Fsp3) is 0. The van der Waals surface area contributed by atoms with E-state index in [9.17, 15) is 0 Å². The highest BCUT2D eigenvalue weighted by Crippen LogP contribution is 2.14. The molecule has 0 aliphatic carbocycles. The molecule has 21 heavy (non-hydrogen) atoms. The molecule has 0 atom stereocenters. The Hall–Kier alpha value is -3.01. The molecule has 1 aromatic heterocycles. The Morgan fingerprint density at radius 3 is 2.57 bits per heavy atom. The molecule has 2 N–H and O–H groups in total. The maximum atomic E-state index is 5.82. The van der Waals surface area contributed by atoms with E-state index >= 15 is 0 Å². The van der Waals surface area contributed by atoms with Gasteiger partial charge in [0.1, 0.15) is 5.69 Å². The van der Waals surface area contributed by atoms with E-state index in [1.807, 2.05) is 30.3 Å². The lowest BCUT2D eigenvalue weighted by Crippen LogP contribution is -2.14. The lowest BCUT2D eigenvalue weighted by Gasteiger charge is -1.98. The van der Waals surface area contributed by atoms with E-state index in [-0.39, 0.29) is 0 Å². The van der Waals surface area contributed by atoms with E-state index in [2.05, 4.69) is 39.5 Å². The predicted octanol–water partition coefficient (Wildman–Crippen LogP) is 2.97. The summed E-state index contributed by atoms with van der Waals surface area (Å²) in [4.78, 5) is 4.12. The summed E-state index contributed by atoms with van der Waals surface area (Å²) in [6.45, 7) is 0. The van der Waals surface area contributed by atoms with E-state index in [1.165, 1.54) is 10.8 Å². The number of pyridine rings is 1. The van der Waals surface area contributed by atoms with Gasteiger partial charge in [-0.1, -0.05) is 42.5 Å². The molecule has 0 spiro atoms. The summed E-state index contributed by atoms with van der Waals surface area (Å²) in [5.74, 6) is 0.299. The molecule has 0 fully saturated rings. The second kappa shape index (κ2) is 5.96. The van der Waals surface area contributed by atoms with Gasteiger partial charge in [-0.2, -0.15) is 5.10 Å². The van der Waals surface area contributed by atoms with E-state index in [0.29, 0.717) is 11.5 Å². The maximum Gasteiger partial charge on any atom is 0.171 e. The molecule has 0 aliphatic heterocycles. The second-order valence-electron chi connectivity index (χ2n) is 4.55. The molecular formula is C17H14N4. The van der Waals surface area contributed by atoms with Crippen molar-refractivity contribution in [2.75, 3.05) is 0 Å². The first-order chi connectivity index (χ1) is 10.3. The van der Waals surface area contributed by atoms with Crippen molar-refractivity contribution in [1.82, 2.24) is 4.98 Å². The summed E-state index contributed by atoms with van der Waals surface area (Å²) in [6, 6.07) is 19.8. The van der Waals surface area contributed by atoms with Crippen molar-refractivity contribution in [3.05, 3.63) is 78.1 Å². The largest absolute Gasteiger partial charge is 0.380 e. The first kappa shape index (κ1) is 13.0. The Kier molecular flexibility index (Phi) is 3.69. The Labute approximate surface area is 122 Å². The molecule has 2 aromatic carbocycles. The normalized spacial score (nSPS) is 12.1. The van der Waals surface area contributed by atoms with Gasteiger partial charge in [-0.3, -0.25) is 4.98 Å². The van der Waals surface area contributed by atoms with Crippen LogP contribution < -0.4 is 5.73 Å². The average Bonchev–Trinajstić information content (AvgIpc) is 2.55. The molecule has 102 valence electrons. The number of fused-ring (bicyclic) bond motifs is 1. The van der Waals surface area contributed by atoms with E-state index in [1.54, 1.807) is 18.5 Å². The van der Waals surface area contributed by atoms with Gasteiger partial charge < -0.3 is 5.73 Å².